The molecule has 49 heavy (non-hydrogen) atoms. The fraction of sp³-hybridized carbons (Fsp3) is 0.0889. The molecule has 0 aliphatic carbocycles. The number of furan rings is 1. The van der Waals surface area contributed by atoms with Crippen molar-refractivity contribution < 1.29 is 4.42 Å². The number of nitrogens with one attached hydrogen (secondary N) is 1. The molecule has 11 rings (SSSR count). The molecule has 1 N–H and O–H groups in total. The Morgan fingerprint density at radius 1 is 0.612 bits per heavy atom. The lowest BCUT2D eigenvalue weighted by molar-refractivity contribution is 0.364. The van der Waals surface area contributed by atoms with E-state index in [9.17, 15) is 0 Å². The molecule has 0 fully saturated rings. The van der Waals surface area contributed by atoms with Gasteiger partial charge in [-0.1, -0.05) is 121 Å². The Balaban J connectivity index is 1.32. The second-order valence-electron chi connectivity index (χ2n) is 13.1. The topological polar surface area (TPSA) is 40.8 Å². The SMILES string of the molecule is c1ccc(C2=NC(c3ccccc3)NC3c4cc5c(oc6cccc(c65)N(c5ccccc5)c5ccc(cc5)CC23)c2ccccc42)cc1. The number of hydrogen-bond acceptors (Lipinski definition) is 4. The molecule has 0 amide bonds. The first-order valence-corrected chi connectivity index (χ1v) is 17.1. The highest BCUT2D eigenvalue weighted by molar-refractivity contribution is 6.20. The fourth-order valence-corrected chi connectivity index (χ4v) is 8.08. The Morgan fingerprint density at radius 2 is 1.29 bits per heavy atom. The smallest absolute Gasteiger partial charge is 0.143 e. The minimum Gasteiger partial charge on any atom is -0.455 e. The van der Waals surface area contributed by atoms with Crippen molar-refractivity contribution in [3.05, 3.63) is 186 Å². The average Bonchev–Trinajstić information content (AvgIpc) is 3.56. The van der Waals surface area contributed by atoms with Crippen LogP contribution >= 0.6 is 0 Å². The third-order valence-corrected chi connectivity index (χ3v) is 10.3. The molecule has 4 heteroatoms. The van der Waals surface area contributed by atoms with Gasteiger partial charge in [0.2, 0.25) is 0 Å². The van der Waals surface area contributed by atoms with Crippen molar-refractivity contribution in [2.45, 2.75) is 18.6 Å². The molecule has 0 saturated heterocycles. The molecule has 3 atom stereocenters. The normalized spacial score (nSPS) is 18.7. The summed E-state index contributed by atoms with van der Waals surface area (Å²) >= 11 is 0. The van der Waals surface area contributed by atoms with Crippen LogP contribution in [0.1, 0.15) is 34.5 Å². The van der Waals surface area contributed by atoms with Crippen LogP contribution in [-0.2, 0) is 6.42 Å². The molecule has 0 spiro atoms. The van der Waals surface area contributed by atoms with Crippen LogP contribution in [-0.4, -0.2) is 5.71 Å². The molecule has 3 aliphatic rings. The second kappa shape index (κ2) is 11.3. The number of fused-ring (bicyclic) bond motifs is 4. The minimum absolute atomic E-state index is 0.0324. The fourth-order valence-electron chi connectivity index (χ4n) is 8.08. The molecular weight excluding hydrogens is 599 g/mol. The van der Waals surface area contributed by atoms with Crippen molar-refractivity contribution in [3.8, 4) is 0 Å². The van der Waals surface area contributed by atoms with Crippen LogP contribution in [0, 0.1) is 5.92 Å². The molecule has 0 saturated carbocycles. The van der Waals surface area contributed by atoms with Gasteiger partial charge < -0.3 is 9.32 Å². The Kier molecular flexibility index (Phi) is 6.49. The van der Waals surface area contributed by atoms with E-state index in [1.807, 2.05) is 0 Å². The van der Waals surface area contributed by atoms with Crippen LogP contribution in [0.3, 0.4) is 0 Å². The molecule has 4 nitrogen and oxygen atoms in total. The summed E-state index contributed by atoms with van der Waals surface area (Å²) in [5.41, 5.74) is 11.1. The number of nitrogens with zero attached hydrogens (tertiary/aromatic N) is 2. The number of rotatable bonds is 3. The van der Waals surface area contributed by atoms with Crippen LogP contribution in [0.4, 0.5) is 17.1 Å². The van der Waals surface area contributed by atoms with Gasteiger partial charge >= 0.3 is 0 Å². The van der Waals surface area contributed by atoms with E-state index in [1.54, 1.807) is 0 Å². The van der Waals surface area contributed by atoms with E-state index in [4.69, 9.17) is 9.41 Å². The highest BCUT2D eigenvalue weighted by atomic mass is 16.3. The zero-order chi connectivity index (χ0) is 32.3. The summed E-state index contributed by atoms with van der Waals surface area (Å²) in [6.07, 6.45) is 0.633. The van der Waals surface area contributed by atoms with Crippen LogP contribution in [0.5, 0.6) is 0 Å². The van der Waals surface area contributed by atoms with Gasteiger partial charge in [-0.2, -0.15) is 0 Å². The van der Waals surface area contributed by atoms with Gasteiger partial charge in [0.25, 0.3) is 0 Å². The van der Waals surface area contributed by atoms with Gasteiger partial charge in [0.15, 0.2) is 0 Å². The summed E-state index contributed by atoms with van der Waals surface area (Å²) in [6.45, 7) is 0. The molecule has 3 unspecified atom stereocenters. The zero-order valence-electron chi connectivity index (χ0n) is 26.8. The van der Waals surface area contributed by atoms with E-state index in [2.05, 4.69) is 174 Å². The average molecular weight is 632 g/mol. The molecule has 0 radical (unpaired) electrons. The molecule has 3 aliphatic heterocycles. The second-order valence-corrected chi connectivity index (χ2v) is 13.1. The van der Waals surface area contributed by atoms with Crippen molar-refractivity contribution >= 4 is 55.5 Å². The predicted molar refractivity (Wildman–Crippen MR) is 201 cm³/mol. The Bertz CT molecular complexity index is 2500. The third kappa shape index (κ3) is 4.60. The van der Waals surface area contributed by atoms with E-state index in [1.165, 1.54) is 16.5 Å². The lowest BCUT2D eigenvalue weighted by Gasteiger charge is -2.38. The lowest BCUT2D eigenvalue weighted by atomic mass is 9.78. The van der Waals surface area contributed by atoms with E-state index in [-0.39, 0.29) is 18.1 Å². The Hall–Kier alpha value is -5.97. The summed E-state index contributed by atoms with van der Waals surface area (Å²) in [5, 5.41) is 8.64. The maximum Gasteiger partial charge on any atom is 0.143 e. The predicted octanol–water partition coefficient (Wildman–Crippen LogP) is 11.2. The number of anilines is 3. The van der Waals surface area contributed by atoms with Crippen LogP contribution in [0.15, 0.2) is 173 Å². The molecule has 234 valence electrons. The van der Waals surface area contributed by atoms with E-state index < -0.39 is 0 Å². The maximum atomic E-state index is 6.82. The molecule has 8 aromatic rings. The Labute approximate surface area is 285 Å². The van der Waals surface area contributed by atoms with Crippen molar-refractivity contribution in [1.82, 2.24) is 5.32 Å². The third-order valence-electron chi connectivity index (χ3n) is 10.3. The Morgan fingerprint density at radius 3 is 2.06 bits per heavy atom. The lowest BCUT2D eigenvalue weighted by Crippen LogP contribution is -2.41. The monoisotopic (exact) mass is 631 g/mol. The van der Waals surface area contributed by atoms with Gasteiger partial charge in [-0.15, -0.1) is 0 Å². The van der Waals surface area contributed by atoms with Gasteiger partial charge in [-0.25, -0.2) is 0 Å². The summed E-state index contributed by atoms with van der Waals surface area (Å²) in [6, 6.07) is 58.7. The van der Waals surface area contributed by atoms with Crippen LogP contribution < -0.4 is 10.2 Å². The maximum absolute atomic E-state index is 6.82. The first-order chi connectivity index (χ1) is 24.3. The van der Waals surface area contributed by atoms with Crippen molar-refractivity contribution in [3.63, 3.8) is 0 Å². The number of benzene rings is 7. The first kappa shape index (κ1) is 28.1. The molecular formula is C45H33N3O. The van der Waals surface area contributed by atoms with Crippen LogP contribution in [0.25, 0.3) is 32.7 Å². The number of para-hydroxylation sites is 1. The summed E-state index contributed by atoms with van der Waals surface area (Å²) in [4.78, 5) is 7.88. The van der Waals surface area contributed by atoms with Gasteiger partial charge in [0.1, 0.15) is 17.3 Å². The molecule has 1 aromatic heterocycles. The number of aliphatic imine (C=N–C) groups is 1. The summed E-state index contributed by atoms with van der Waals surface area (Å²) in [7, 11) is 0. The van der Waals surface area contributed by atoms with E-state index in [0.717, 1.165) is 67.6 Å². The largest absolute Gasteiger partial charge is 0.455 e. The summed E-state index contributed by atoms with van der Waals surface area (Å²) in [5.74, 6) is 0.0673. The van der Waals surface area contributed by atoms with E-state index >= 15 is 0 Å². The quantitative estimate of drug-likeness (QED) is 0.211. The van der Waals surface area contributed by atoms with Crippen molar-refractivity contribution in [1.29, 1.82) is 0 Å². The van der Waals surface area contributed by atoms with Gasteiger partial charge in [-0.05, 0) is 76.5 Å². The van der Waals surface area contributed by atoms with Gasteiger partial charge in [0, 0.05) is 39.8 Å². The molecule has 7 aromatic carbocycles. The van der Waals surface area contributed by atoms with Crippen LogP contribution in [0.2, 0.25) is 0 Å². The van der Waals surface area contributed by atoms with E-state index in [0.29, 0.717) is 0 Å². The standard InChI is InChI=1S/C45H33N3O/c1-4-13-30(14-5-1)42-38-27-29-23-25-33(26-24-29)48(32-17-8-3-9-18-32)39-21-12-22-40-41(39)37-28-36(34-19-10-11-20-35(34)44(37)49-40)43(38)47-45(46-42)31-15-6-2-7-16-31/h1-26,28,38,43,45,47H,27H2. The van der Waals surface area contributed by atoms with Crippen molar-refractivity contribution in [2.24, 2.45) is 10.9 Å². The van der Waals surface area contributed by atoms with Gasteiger partial charge in [0.05, 0.1) is 11.1 Å². The first-order valence-electron chi connectivity index (χ1n) is 17.1. The molecule has 4 bridgehead atoms. The highest BCUT2D eigenvalue weighted by Crippen LogP contribution is 2.48. The number of hydrogen-bond donors (Lipinski definition) is 1. The highest BCUT2D eigenvalue weighted by Gasteiger charge is 2.37. The summed E-state index contributed by atoms with van der Waals surface area (Å²) < 4.78 is 6.82. The molecule has 4 heterocycles. The minimum atomic E-state index is -0.199. The van der Waals surface area contributed by atoms with Crippen molar-refractivity contribution in [2.75, 3.05) is 4.90 Å². The van der Waals surface area contributed by atoms with Gasteiger partial charge in [-0.3, -0.25) is 10.3 Å². The zero-order valence-corrected chi connectivity index (χ0v) is 26.8.